The summed E-state index contributed by atoms with van der Waals surface area (Å²) in [7, 11) is 4.84. The predicted octanol–water partition coefficient (Wildman–Crippen LogP) is 4.57. The van der Waals surface area contributed by atoms with E-state index in [1.807, 2.05) is 59.1 Å². The van der Waals surface area contributed by atoms with Crippen molar-refractivity contribution >= 4 is 5.65 Å². The molecule has 0 fully saturated rings. The number of benzene rings is 2. The normalized spacial score (nSPS) is 10.6. The van der Waals surface area contributed by atoms with Crippen LogP contribution in [0.5, 0.6) is 17.2 Å². The smallest absolute Gasteiger partial charge is 0.161 e. The van der Waals surface area contributed by atoms with Crippen molar-refractivity contribution in [3.63, 3.8) is 0 Å². The molecule has 2 aromatic heterocycles. The summed E-state index contributed by atoms with van der Waals surface area (Å²) in [5, 5.41) is 9.84. The van der Waals surface area contributed by atoms with Crippen molar-refractivity contribution < 1.29 is 14.2 Å². The van der Waals surface area contributed by atoms with E-state index < -0.39 is 0 Å². The highest BCUT2D eigenvalue weighted by Crippen LogP contribution is 2.36. The molecule has 144 valence electrons. The van der Waals surface area contributed by atoms with Crippen molar-refractivity contribution in [3.8, 4) is 45.7 Å². The summed E-state index contributed by atoms with van der Waals surface area (Å²) >= 11 is 0. The molecule has 4 rings (SSSR count). The molecule has 0 N–H and O–H groups in total. The number of methoxy groups -OCH3 is 3. The molecule has 4 aromatic rings. The van der Waals surface area contributed by atoms with Crippen molar-refractivity contribution in [2.24, 2.45) is 0 Å². The lowest BCUT2D eigenvalue weighted by Gasteiger charge is -2.14. The third kappa shape index (κ3) is 3.13. The second kappa shape index (κ2) is 7.56. The Balaban J connectivity index is 1.98. The minimum absolute atomic E-state index is 0.518. The first-order chi connectivity index (χ1) is 14.2. The topological polar surface area (TPSA) is 68.8 Å². The first kappa shape index (κ1) is 18.4. The number of hydrogen-bond donors (Lipinski definition) is 0. The monoisotopic (exact) mass is 385 g/mol. The zero-order valence-corrected chi connectivity index (χ0v) is 16.3. The van der Waals surface area contributed by atoms with E-state index in [0.717, 1.165) is 28.1 Å². The maximum atomic E-state index is 9.84. The minimum atomic E-state index is 0.518. The molecule has 2 heterocycles. The van der Waals surface area contributed by atoms with Gasteiger partial charge in [0.25, 0.3) is 0 Å². The standard InChI is InChI=1S/C23H19N3O3/c1-27-17-7-4-15(5-8-17)18-13-20(26-11-10-25-23(26)19(18)14-24)16-6-9-21(28-2)22(12-16)29-3/h4-13H,1-3H3. The van der Waals surface area contributed by atoms with Crippen molar-refractivity contribution in [3.05, 3.63) is 66.5 Å². The highest BCUT2D eigenvalue weighted by Gasteiger charge is 2.17. The molecule has 0 unspecified atom stereocenters. The lowest BCUT2D eigenvalue weighted by molar-refractivity contribution is 0.355. The van der Waals surface area contributed by atoms with Gasteiger partial charge in [0.1, 0.15) is 17.4 Å². The summed E-state index contributed by atoms with van der Waals surface area (Å²) < 4.78 is 18.0. The molecule has 0 atom stereocenters. The van der Waals surface area contributed by atoms with Crippen LogP contribution in [0.4, 0.5) is 0 Å². The van der Waals surface area contributed by atoms with Crippen LogP contribution in [-0.4, -0.2) is 30.7 Å². The molecule has 0 aliphatic heterocycles. The van der Waals surface area contributed by atoms with E-state index in [4.69, 9.17) is 14.2 Å². The Morgan fingerprint density at radius 2 is 1.59 bits per heavy atom. The summed E-state index contributed by atoms with van der Waals surface area (Å²) in [6.07, 6.45) is 3.54. The fourth-order valence-corrected chi connectivity index (χ4v) is 3.41. The lowest BCUT2D eigenvalue weighted by Crippen LogP contribution is -1.98. The van der Waals surface area contributed by atoms with Crippen LogP contribution < -0.4 is 14.2 Å². The van der Waals surface area contributed by atoms with Gasteiger partial charge in [-0.25, -0.2) is 4.98 Å². The molecular weight excluding hydrogens is 366 g/mol. The van der Waals surface area contributed by atoms with Gasteiger partial charge in [-0.05, 0) is 42.0 Å². The third-order valence-corrected chi connectivity index (χ3v) is 4.87. The van der Waals surface area contributed by atoms with E-state index in [9.17, 15) is 5.26 Å². The maximum absolute atomic E-state index is 9.84. The Morgan fingerprint density at radius 3 is 2.24 bits per heavy atom. The Morgan fingerprint density at radius 1 is 0.862 bits per heavy atom. The number of imidazole rings is 1. The maximum Gasteiger partial charge on any atom is 0.161 e. The predicted molar refractivity (Wildman–Crippen MR) is 110 cm³/mol. The van der Waals surface area contributed by atoms with Gasteiger partial charge in [-0.15, -0.1) is 0 Å². The van der Waals surface area contributed by atoms with Crippen molar-refractivity contribution in [1.82, 2.24) is 9.38 Å². The van der Waals surface area contributed by atoms with E-state index >= 15 is 0 Å². The van der Waals surface area contributed by atoms with E-state index in [1.165, 1.54) is 0 Å². The van der Waals surface area contributed by atoms with Crippen molar-refractivity contribution in [2.45, 2.75) is 0 Å². The Bertz CT molecular complexity index is 1220. The largest absolute Gasteiger partial charge is 0.497 e. The number of fused-ring (bicyclic) bond motifs is 1. The molecule has 0 aliphatic carbocycles. The van der Waals surface area contributed by atoms with Gasteiger partial charge in [0.2, 0.25) is 0 Å². The molecule has 29 heavy (non-hydrogen) atoms. The molecule has 0 radical (unpaired) electrons. The first-order valence-corrected chi connectivity index (χ1v) is 8.97. The molecule has 0 amide bonds. The van der Waals surface area contributed by atoms with E-state index in [1.54, 1.807) is 27.5 Å². The molecule has 0 spiro atoms. The van der Waals surface area contributed by atoms with Gasteiger partial charge in [-0.3, -0.25) is 4.40 Å². The summed E-state index contributed by atoms with van der Waals surface area (Å²) in [5.41, 5.74) is 4.65. The Hall–Kier alpha value is -3.98. The highest BCUT2D eigenvalue weighted by atomic mass is 16.5. The molecule has 0 saturated carbocycles. The molecule has 0 bridgehead atoms. The quantitative estimate of drug-likeness (QED) is 0.503. The second-order valence-corrected chi connectivity index (χ2v) is 6.35. The van der Waals surface area contributed by atoms with Gasteiger partial charge >= 0.3 is 0 Å². The number of pyridine rings is 1. The SMILES string of the molecule is COc1ccc(-c2cc(-c3ccc(OC)c(OC)c3)n3ccnc3c2C#N)cc1. The van der Waals surface area contributed by atoms with Crippen molar-refractivity contribution in [1.29, 1.82) is 5.26 Å². The van der Waals surface area contributed by atoms with Crippen LogP contribution in [0.15, 0.2) is 60.9 Å². The summed E-state index contributed by atoms with van der Waals surface area (Å²) in [6, 6.07) is 17.7. The van der Waals surface area contributed by atoms with E-state index in [0.29, 0.717) is 22.7 Å². The molecule has 0 aliphatic rings. The van der Waals surface area contributed by atoms with Crippen LogP contribution in [0.2, 0.25) is 0 Å². The van der Waals surface area contributed by atoms with Crippen LogP contribution in [0.3, 0.4) is 0 Å². The number of hydrogen-bond acceptors (Lipinski definition) is 5. The minimum Gasteiger partial charge on any atom is -0.497 e. The molecule has 2 aromatic carbocycles. The number of nitrogens with zero attached hydrogens (tertiary/aromatic N) is 3. The molecule has 6 heteroatoms. The number of nitriles is 1. The number of aromatic nitrogens is 2. The number of ether oxygens (including phenoxy) is 3. The molecular formula is C23H19N3O3. The fraction of sp³-hybridized carbons (Fsp3) is 0.130. The average Bonchev–Trinajstić information content (AvgIpc) is 3.27. The molecule has 6 nitrogen and oxygen atoms in total. The summed E-state index contributed by atoms with van der Waals surface area (Å²) in [4.78, 5) is 4.43. The van der Waals surface area contributed by atoms with Crippen LogP contribution >= 0.6 is 0 Å². The van der Waals surface area contributed by atoms with Gasteiger partial charge in [0.05, 0.1) is 27.0 Å². The number of rotatable bonds is 5. The fourth-order valence-electron chi connectivity index (χ4n) is 3.41. The highest BCUT2D eigenvalue weighted by molar-refractivity contribution is 5.83. The summed E-state index contributed by atoms with van der Waals surface area (Å²) in [6.45, 7) is 0. The summed E-state index contributed by atoms with van der Waals surface area (Å²) in [5.74, 6) is 2.05. The van der Waals surface area contributed by atoms with E-state index in [2.05, 4.69) is 11.1 Å². The van der Waals surface area contributed by atoms with Gasteiger partial charge in [0.15, 0.2) is 17.1 Å². The first-order valence-electron chi connectivity index (χ1n) is 8.97. The second-order valence-electron chi connectivity index (χ2n) is 6.35. The van der Waals surface area contributed by atoms with Gasteiger partial charge < -0.3 is 14.2 Å². The van der Waals surface area contributed by atoms with Gasteiger partial charge in [-0.2, -0.15) is 5.26 Å². The van der Waals surface area contributed by atoms with Gasteiger partial charge in [-0.1, -0.05) is 12.1 Å². The average molecular weight is 385 g/mol. The Kier molecular flexibility index (Phi) is 4.80. The third-order valence-electron chi connectivity index (χ3n) is 4.87. The van der Waals surface area contributed by atoms with Crippen LogP contribution in [0, 0.1) is 11.3 Å². The lowest BCUT2D eigenvalue weighted by atomic mass is 9.98. The van der Waals surface area contributed by atoms with Crippen molar-refractivity contribution in [2.75, 3.05) is 21.3 Å². The van der Waals surface area contributed by atoms with Crippen LogP contribution in [0.1, 0.15) is 5.56 Å². The zero-order valence-electron chi connectivity index (χ0n) is 16.3. The molecule has 0 saturated heterocycles. The van der Waals surface area contributed by atoms with E-state index in [-0.39, 0.29) is 0 Å². The van der Waals surface area contributed by atoms with Crippen LogP contribution in [-0.2, 0) is 0 Å². The Labute approximate surface area is 168 Å². The van der Waals surface area contributed by atoms with Gasteiger partial charge in [0, 0.05) is 23.5 Å². The van der Waals surface area contributed by atoms with Crippen LogP contribution in [0.25, 0.3) is 28.0 Å². The zero-order chi connectivity index (χ0) is 20.4.